The van der Waals surface area contributed by atoms with Crippen molar-refractivity contribution in [3.63, 3.8) is 0 Å². The Morgan fingerprint density at radius 2 is 1.85 bits per heavy atom. The largest absolute Gasteiger partial charge is 0.328 e. The molecule has 8 nitrogen and oxygen atoms in total. The molecule has 1 aliphatic carbocycles. The highest BCUT2D eigenvalue weighted by Gasteiger charge is 2.35. The first-order valence-corrected chi connectivity index (χ1v) is 15.1. The van der Waals surface area contributed by atoms with E-state index in [9.17, 15) is 4.79 Å². The van der Waals surface area contributed by atoms with Crippen molar-refractivity contribution in [3.05, 3.63) is 70.7 Å². The molecule has 0 saturated heterocycles. The average molecular weight is 542 g/mol. The first-order chi connectivity index (χ1) is 19.5. The lowest BCUT2D eigenvalue weighted by molar-refractivity contribution is 0.175. The van der Waals surface area contributed by atoms with Gasteiger partial charge >= 0.3 is 5.69 Å². The van der Waals surface area contributed by atoms with Gasteiger partial charge in [-0.1, -0.05) is 71.6 Å². The fraction of sp³-hybridized carbons (Fsp3) is 0.531. The number of tetrazole rings is 1. The third-order valence-corrected chi connectivity index (χ3v) is 8.81. The third kappa shape index (κ3) is 5.96. The summed E-state index contributed by atoms with van der Waals surface area (Å²) >= 11 is 0. The minimum atomic E-state index is 0.120. The van der Waals surface area contributed by atoms with E-state index in [1.165, 1.54) is 25.7 Å². The zero-order valence-electron chi connectivity index (χ0n) is 24.4. The van der Waals surface area contributed by atoms with Crippen LogP contribution < -0.4 is 5.69 Å². The zero-order chi connectivity index (χ0) is 28.1. The Kier molecular flexibility index (Phi) is 8.92. The van der Waals surface area contributed by atoms with Gasteiger partial charge in [0.25, 0.3) is 0 Å². The van der Waals surface area contributed by atoms with Crippen molar-refractivity contribution in [1.29, 1.82) is 0 Å². The number of aryl methyl sites for hydroxylation is 1. The van der Waals surface area contributed by atoms with Crippen LogP contribution in [0.1, 0.15) is 90.1 Å². The number of hydrogen-bond acceptors (Lipinski definition) is 5. The second kappa shape index (κ2) is 12.7. The minimum Gasteiger partial charge on any atom is -0.295 e. The topological polar surface area (TPSA) is 94.3 Å². The molecule has 3 heterocycles. The molecule has 0 amide bonds. The second-order valence-electron chi connectivity index (χ2n) is 11.7. The summed E-state index contributed by atoms with van der Waals surface area (Å²) in [6, 6.07) is 12.5. The monoisotopic (exact) mass is 541 g/mol. The van der Waals surface area contributed by atoms with Crippen molar-refractivity contribution in [2.24, 2.45) is 17.8 Å². The number of aromatic nitrogens is 7. The smallest absolute Gasteiger partial charge is 0.295 e. The third-order valence-electron chi connectivity index (χ3n) is 8.81. The van der Waals surface area contributed by atoms with Gasteiger partial charge in [0, 0.05) is 29.7 Å². The molecule has 3 atom stereocenters. The van der Waals surface area contributed by atoms with Gasteiger partial charge in [-0.25, -0.2) is 9.89 Å². The molecule has 0 spiro atoms. The van der Waals surface area contributed by atoms with Crippen LogP contribution in [0, 0.1) is 17.8 Å². The van der Waals surface area contributed by atoms with Gasteiger partial charge in [0.15, 0.2) is 5.82 Å². The molecular weight excluding hydrogens is 498 g/mol. The number of benzene rings is 1. The molecule has 40 heavy (non-hydrogen) atoms. The molecule has 8 heteroatoms. The molecule has 3 aromatic heterocycles. The Morgan fingerprint density at radius 3 is 2.60 bits per heavy atom. The van der Waals surface area contributed by atoms with Gasteiger partial charge in [-0.3, -0.25) is 14.1 Å². The van der Waals surface area contributed by atoms with E-state index in [2.05, 4.69) is 77.3 Å². The van der Waals surface area contributed by atoms with Crippen molar-refractivity contribution < 1.29 is 0 Å². The quantitative estimate of drug-likeness (QED) is 0.226. The van der Waals surface area contributed by atoms with Gasteiger partial charge in [0.1, 0.15) is 0 Å². The Hall–Kier alpha value is -3.55. The second-order valence-corrected chi connectivity index (χ2v) is 11.7. The molecule has 1 saturated carbocycles. The molecule has 1 aromatic carbocycles. The van der Waals surface area contributed by atoms with Crippen LogP contribution in [-0.4, -0.2) is 34.7 Å². The molecule has 1 aliphatic rings. The van der Waals surface area contributed by atoms with Crippen LogP contribution in [0.2, 0.25) is 0 Å². The summed E-state index contributed by atoms with van der Waals surface area (Å²) in [5.41, 5.74) is 5.16. The highest BCUT2D eigenvalue weighted by Crippen LogP contribution is 2.42. The van der Waals surface area contributed by atoms with Gasteiger partial charge in [-0.2, -0.15) is 0 Å². The van der Waals surface area contributed by atoms with Crippen LogP contribution >= 0.6 is 0 Å². The number of unbranched alkanes of at least 4 members (excludes halogenated alkanes) is 1. The Morgan fingerprint density at radius 1 is 1.05 bits per heavy atom. The summed E-state index contributed by atoms with van der Waals surface area (Å²) < 4.78 is 4.13. The lowest BCUT2D eigenvalue weighted by atomic mass is 9.79. The minimum absolute atomic E-state index is 0.120. The maximum atomic E-state index is 14.2. The van der Waals surface area contributed by atoms with E-state index < -0.39 is 0 Å². The molecule has 0 bridgehead atoms. The summed E-state index contributed by atoms with van der Waals surface area (Å²) in [6.45, 7) is 9.64. The highest BCUT2D eigenvalue weighted by atomic mass is 16.1. The van der Waals surface area contributed by atoms with Crippen LogP contribution in [0.25, 0.3) is 22.5 Å². The van der Waals surface area contributed by atoms with Crippen molar-refractivity contribution >= 4 is 0 Å². The number of hydrogen-bond donors (Lipinski definition) is 1. The molecule has 1 N–H and O–H groups in total. The number of nitrogens with zero attached hydrogens (tertiary/aromatic N) is 6. The summed E-state index contributed by atoms with van der Waals surface area (Å²) in [4.78, 5) is 18.9. The number of H-pyrrole nitrogens is 1. The first-order valence-electron chi connectivity index (χ1n) is 15.1. The summed E-state index contributed by atoms with van der Waals surface area (Å²) in [7, 11) is 0. The lowest BCUT2D eigenvalue weighted by Gasteiger charge is -2.34. The first kappa shape index (κ1) is 28.0. The van der Waals surface area contributed by atoms with Crippen LogP contribution in [0.4, 0.5) is 0 Å². The molecule has 1 fully saturated rings. The molecule has 5 rings (SSSR count). The van der Waals surface area contributed by atoms with E-state index >= 15 is 0 Å². The normalized spacial score (nSPS) is 19.7. The number of pyridine rings is 1. The SMILES string of the molecule is CCCCc1cn(C2C(CC)CCCCC2C(C)C)c(=O)n1Cc1cc(-c2cccc(-c3nnn[nH]3)c2)ccn1. The van der Waals surface area contributed by atoms with E-state index in [4.69, 9.17) is 4.98 Å². The van der Waals surface area contributed by atoms with E-state index in [0.29, 0.717) is 30.1 Å². The van der Waals surface area contributed by atoms with Crippen molar-refractivity contribution in [3.8, 4) is 22.5 Å². The van der Waals surface area contributed by atoms with Gasteiger partial charge in [0.05, 0.1) is 12.2 Å². The Labute approximate surface area is 237 Å². The van der Waals surface area contributed by atoms with E-state index in [0.717, 1.165) is 53.8 Å². The Bertz CT molecular complexity index is 1440. The highest BCUT2D eigenvalue weighted by molar-refractivity contribution is 5.70. The van der Waals surface area contributed by atoms with Gasteiger partial charge in [0.2, 0.25) is 0 Å². The van der Waals surface area contributed by atoms with Crippen LogP contribution in [0.5, 0.6) is 0 Å². The number of imidazole rings is 1. The van der Waals surface area contributed by atoms with Gasteiger partial charge in [-0.15, -0.1) is 5.10 Å². The molecule has 212 valence electrons. The number of aromatic amines is 1. The average Bonchev–Trinajstić information content (AvgIpc) is 3.55. The maximum Gasteiger partial charge on any atom is 0.328 e. The predicted octanol–water partition coefficient (Wildman–Crippen LogP) is 6.70. The fourth-order valence-electron chi connectivity index (χ4n) is 6.61. The van der Waals surface area contributed by atoms with Crippen molar-refractivity contribution in [1.82, 2.24) is 34.7 Å². The van der Waals surface area contributed by atoms with Gasteiger partial charge < -0.3 is 0 Å². The maximum absolute atomic E-state index is 14.2. The molecule has 0 radical (unpaired) electrons. The number of rotatable bonds is 10. The van der Waals surface area contributed by atoms with Crippen molar-refractivity contribution in [2.45, 2.75) is 91.6 Å². The zero-order valence-corrected chi connectivity index (χ0v) is 24.4. The Balaban J connectivity index is 1.50. The lowest BCUT2D eigenvalue weighted by Crippen LogP contribution is -2.36. The van der Waals surface area contributed by atoms with Crippen LogP contribution in [-0.2, 0) is 13.0 Å². The fourth-order valence-corrected chi connectivity index (χ4v) is 6.61. The molecular formula is C32H43N7O. The van der Waals surface area contributed by atoms with Crippen LogP contribution in [0.15, 0.2) is 53.6 Å². The molecule has 0 aliphatic heterocycles. The van der Waals surface area contributed by atoms with Crippen LogP contribution in [0.3, 0.4) is 0 Å². The summed E-state index contributed by atoms with van der Waals surface area (Å²) in [5.74, 6) is 2.24. The predicted molar refractivity (Wildman–Crippen MR) is 159 cm³/mol. The van der Waals surface area contributed by atoms with E-state index in [1.54, 1.807) is 0 Å². The van der Waals surface area contributed by atoms with E-state index in [1.807, 2.05) is 29.0 Å². The number of nitrogens with one attached hydrogen (secondary N) is 1. The summed E-state index contributed by atoms with van der Waals surface area (Å²) in [5, 5.41) is 14.3. The van der Waals surface area contributed by atoms with E-state index in [-0.39, 0.29) is 11.7 Å². The summed E-state index contributed by atoms with van der Waals surface area (Å²) in [6.07, 6.45) is 13.2. The van der Waals surface area contributed by atoms with Crippen molar-refractivity contribution in [2.75, 3.05) is 0 Å². The van der Waals surface area contributed by atoms with Gasteiger partial charge in [-0.05, 0) is 83.2 Å². The molecule has 3 unspecified atom stereocenters. The molecule has 4 aromatic rings. The standard InChI is InChI=1S/C32H43N7O/c1-5-7-14-28-21-39(30-23(6-2)11-8-9-15-29(30)22(3)4)32(40)38(28)20-27-19-25(16-17-33-27)24-12-10-13-26(18-24)31-34-36-37-35-31/h10,12-13,16-19,21-23,29-30H,5-9,11,14-15,20H2,1-4H3,(H,34,35,36,37).